The SMILES string of the molecule is COc1ccc2[nH]c(C)c(C)c2n1. The van der Waals surface area contributed by atoms with E-state index in [0.29, 0.717) is 5.88 Å². The van der Waals surface area contributed by atoms with Crippen LogP contribution < -0.4 is 4.74 Å². The van der Waals surface area contributed by atoms with Gasteiger partial charge in [-0.2, -0.15) is 0 Å². The monoisotopic (exact) mass is 176 g/mol. The summed E-state index contributed by atoms with van der Waals surface area (Å²) in [5, 5.41) is 0. The lowest BCUT2D eigenvalue weighted by molar-refractivity contribution is 0.399. The maximum Gasteiger partial charge on any atom is 0.213 e. The normalized spacial score (nSPS) is 10.7. The van der Waals surface area contributed by atoms with E-state index in [2.05, 4.69) is 16.9 Å². The van der Waals surface area contributed by atoms with Gasteiger partial charge in [-0.1, -0.05) is 0 Å². The first-order valence-corrected chi connectivity index (χ1v) is 4.22. The van der Waals surface area contributed by atoms with E-state index in [0.717, 1.165) is 16.7 Å². The number of fused-ring (bicyclic) bond motifs is 1. The van der Waals surface area contributed by atoms with Gasteiger partial charge in [0.2, 0.25) is 5.88 Å². The number of aromatic nitrogens is 2. The Hall–Kier alpha value is -1.51. The molecule has 2 heterocycles. The van der Waals surface area contributed by atoms with Crippen LogP contribution in [0.1, 0.15) is 11.3 Å². The largest absolute Gasteiger partial charge is 0.481 e. The van der Waals surface area contributed by atoms with E-state index in [1.807, 2.05) is 19.1 Å². The van der Waals surface area contributed by atoms with Gasteiger partial charge in [-0.15, -0.1) is 0 Å². The van der Waals surface area contributed by atoms with E-state index >= 15 is 0 Å². The molecule has 0 saturated heterocycles. The number of rotatable bonds is 1. The highest BCUT2D eigenvalue weighted by molar-refractivity contribution is 5.80. The molecule has 2 aromatic rings. The molecule has 0 aliphatic carbocycles. The van der Waals surface area contributed by atoms with E-state index in [9.17, 15) is 0 Å². The van der Waals surface area contributed by atoms with Gasteiger partial charge in [0.1, 0.15) is 0 Å². The molecule has 68 valence electrons. The molecule has 2 aromatic heterocycles. The highest BCUT2D eigenvalue weighted by Crippen LogP contribution is 2.21. The molecule has 3 heteroatoms. The van der Waals surface area contributed by atoms with Gasteiger partial charge in [-0.05, 0) is 25.5 Å². The number of aryl methyl sites for hydroxylation is 2. The van der Waals surface area contributed by atoms with Crippen molar-refractivity contribution in [2.45, 2.75) is 13.8 Å². The quantitative estimate of drug-likeness (QED) is 0.723. The van der Waals surface area contributed by atoms with Crippen LogP contribution >= 0.6 is 0 Å². The predicted molar refractivity (Wildman–Crippen MR) is 52.1 cm³/mol. The van der Waals surface area contributed by atoms with Gasteiger partial charge in [0.15, 0.2) is 0 Å². The standard InChI is InChI=1S/C10H12N2O/c1-6-7(2)11-8-4-5-9(13-3)12-10(6)8/h4-5,11H,1-3H3. The average molecular weight is 176 g/mol. The van der Waals surface area contributed by atoms with E-state index in [4.69, 9.17) is 4.74 Å². The minimum Gasteiger partial charge on any atom is -0.481 e. The summed E-state index contributed by atoms with van der Waals surface area (Å²) in [7, 11) is 1.63. The Morgan fingerprint density at radius 1 is 1.31 bits per heavy atom. The van der Waals surface area contributed by atoms with Gasteiger partial charge in [-0.25, -0.2) is 4.98 Å². The van der Waals surface area contributed by atoms with Crippen molar-refractivity contribution in [3.63, 3.8) is 0 Å². The molecule has 0 unspecified atom stereocenters. The van der Waals surface area contributed by atoms with Crippen molar-refractivity contribution in [1.82, 2.24) is 9.97 Å². The van der Waals surface area contributed by atoms with Crippen LogP contribution in [0.5, 0.6) is 5.88 Å². The Morgan fingerprint density at radius 2 is 2.08 bits per heavy atom. The van der Waals surface area contributed by atoms with Crippen molar-refractivity contribution in [2.75, 3.05) is 7.11 Å². The lowest BCUT2D eigenvalue weighted by Crippen LogP contribution is -1.86. The summed E-state index contributed by atoms with van der Waals surface area (Å²) in [5.41, 5.74) is 4.41. The first-order chi connectivity index (χ1) is 6.22. The maximum atomic E-state index is 5.06. The van der Waals surface area contributed by atoms with Crippen molar-refractivity contribution < 1.29 is 4.74 Å². The summed E-state index contributed by atoms with van der Waals surface area (Å²) in [6.07, 6.45) is 0. The third-order valence-corrected chi connectivity index (χ3v) is 2.32. The van der Waals surface area contributed by atoms with Crippen LogP contribution in [0.3, 0.4) is 0 Å². The molecule has 3 nitrogen and oxygen atoms in total. The fourth-order valence-corrected chi connectivity index (χ4v) is 1.42. The lowest BCUT2D eigenvalue weighted by atomic mass is 10.2. The number of H-pyrrole nitrogens is 1. The Bertz CT molecular complexity index is 445. The number of hydrogen-bond acceptors (Lipinski definition) is 2. The Balaban J connectivity index is 2.75. The molecular formula is C10H12N2O. The highest BCUT2D eigenvalue weighted by atomic mass is 16.5. The van der Waals surface area contributed by atoms with Gasteiger partial charge in [0, 0.05) is 11.8 Å². The molecule has 0 spiro atoms. The Labute approximate surface area is 76.8 Å². The topological polar surface area (TPSA) is 37.9 Å². The first-order valence-electron chi connectivity index (χ1n) is 4.22. The molecule has 0 bridgehead atoms. The predicted octanol–water partition coefficient (Wildman–Crippen LogP) is 2.19. The molecule has 13 heavy (non-hydrogen) atoms. The summed E-state index contributed by atoms with van der Waals surface area (Å²) in [6, 6.07) is 3.85. The summed E-state index contributed by atoms with van der Waals surface area (Å²) >= 11 is 0. The first kappa shape index (κ1) is 8.10. The van der Waals surface area contributed by atoms with Crippen molar-refractivity contribution in [2.24, 2.45) is 0 Å². The van der Waals surface area contributed by atoms with Crippen LogP contribution in [0.2, 0.25) is 0 Å². The van der Waals surface area contributed by atoms with Gasteiger partial charge in [-0.3, -0.25) is 0 Å². The molecule has 1 N–H and O–H groups in total. The van der Waals surface area contributed by atoms with Gasteiger partial charge in [0.05, 0.1) is 18.1 Å². The molecule has 2 rings (SSSR count). The zero-order valence-electron chi connectivity index (χ0n) is 8.01. The number of hydrogen-bond donors (Lipinski definition) is 1. The summed E-state index contributed by atoms with van der Waals surface area (Å²) in [4.78, 5) is 7.62. The number of methoxy groups -OCH3 is 1. The van der Waals surface area contributed by atoms with Gasteiger partial charge in [0.25, 0.3) is 0 Å². The number of ether oxygens (including phenoxy) is 1. The molecule has 0 saturated carbocycles. The highest BCUT2D eigenvalue weighted by Gasteiger charge is 2.05. The third-order valence-electron chi connectivity index (χ3n) is 2.32. The van der Waals surface area contributed by atoms with Gasteiger partial charge >= 0.3 is 0 Å². The molecule has 0 radical (unpaired) electrons. The molecule has 0 aromatic carbocycles. The second-order valence-electron chi connectivity index (χ2n) is 3.12. The molecule has 0 aliphatic rings. The van der Waals surface area contributed by atoms with Crippen LogP contribution in [0.25, 0.3) is 11.0 Å². The van der Waals surface area contributed by atoms with E-state index in [1.54, 1.807) is 7.11 Å². The number of aromatic amines is 1. The minimum atomic E-state index is 0.662. The van der Waals surface area contributed by atoms with Gasteiger partial charge < -0.3 is 9.72 Å². The smallest absolute Gasteiger partial charge is 0.213 e. The second kappa shape index (κ2) is 2.76. The van der Waals surface area contributed by atoms with Crippen LogP contribution in [0.15, 0.2) is 12.1 Å². The van der Waals surface area contributed by atoms with Crippen LogP contribution in [-0.4, -0.2) is 17.1 Å². The van der Waals surface area contributed by atoms with E-state index in [1.165, 1.54) is 5.56 Å². The second-order valence-corrected chi connectivity index (χ2v) is 3.12. The van der Waals surface area contributed by atoms with Crippen LogP contribution in [0, 0.1) is 13.8 Å². The summed E-state index contributed by atoms with van der Waals surface area (Å²) in [6.45, 7) is 4.10. The minimum absolute atomic E-state index is 0.662. The molecule has 0 atom stereocenters. The van der Waals surface area contributed by atoms with E-state index in [-0.39, 0.29) is 0 Å². The fraction of sp³-hybridized carbons (Fsp3) is 0.300. The molecule has 0 aliphatic heterocycles. The lowest BCUT2D eigenvalue weighted by Gasteiger charge is -1.97. The molecular weight excluding hydrogens is 164 g/mol. The maximum absolute atomic E-state index is 5.06. The van der Waals surface area contributed by atoms with Crippen molar-refractivity contribution in [3.8, 4) is 5.88 Å². The van der Waals surface area contributed by atoms with Crippen molar-refractivity contribution in [1.29, 1.82) is 0 Å². The zero-order chi connectivity index (χ0) is 9.42. The average Bonchev–Trinajstić information content (AvgIpc) is 2.43. The molecule has 0 amide bonds. The van der Waals surface area contributed by atoms with Crippen molar-refractivity contribution in [3.05, 3.63) is 23.4 Å². The zero-order valence-corrected chi connectivity index (χ0v) is 8.01. The van der Waals surface area contributed by atoms with Crippen LogP contribution in [0.4, 0.5) is 0 Å². The third kappa shape index (κ3) is 1.16. The van der Waals surface area contributed by atoms with Crippen molar-refractivity contribution >= 4 is 11.0 Å². The number of nitrogens with one attached hydrogen (secondary N) is 1. The number of nitrogens with zero attached hydrogens (tertiary/aromatic N) is 1. The fourth-order valence-electron chi connectivity index (χ4n) is 1.42. The Morgan fingerprint density at radius 3 is 2.77 bits per heavy atom. The number of pyridine rings is 1. The summed E-state index contributed by atoms with van der Waals surface area (Å²) in [5.74, 6) is 0.662. The summed E-state index contributed by atoms with van der Waals surface area (Å²) < 4.78 is 5.06. The van der Waals surface area contributed by atoms with Crippen LogP contribution in [-0.2, 0) is 0 Å². The van der Waals surface area contributed by atoms with E-state index < -0.39 is 0 Å². The Kier molecular flexibility index (Phi) is 1.72. The molecule has 0 fully saturated rings.